The third-order valence-corrected chi connectivity index (χ3v) is 3.47. The van der Waals surface area contributed by atoms with Gasteiger partial charge in [0.1, 0.15) is 11.6 Å². The van der Waals surface area contributed by atoms with Crippen LogP contribution in [0.5, 0.6) is 5.75 Å². The van der Waals surface area contributed by atoms with E-state index in [0.717, 1.165) is 4.47 Å². The van der Waals surface area contributed by atoms with E-state index in [1.807, 2.05) is 0 Å². The van der Waals surface area contributed by atoms with E-state index < -0.39 is 12.7 Å². The standard InChI is InChI=1S/C15H13BrF3NO/c1-20-14(12-8-10(16)5-6-13(12)17)9-3-2-4-11(7-9)21-15(18)19/h2-8,14-15,20H,1H3. The fraction of sp³-hybridized carbons (Fsp3) is 0.200. The van der Waals surface area contributed by atoms with Gasteiger partial charge in [-0.3, -0.25) is 0 Å². The van der Waals surface area contributed by atoms with Gasteiger partial charge in [-0.1, -0.05) is 28.1 Å². The van der Waals surface area contributed by atoms with E-state index in [-0.39, 0.29) is 11.6 Å². The summed E-state index contributed by atoms with van der Waals surface area (Å²) in [6, 6.07) is 10.3. The summed E-state index contributed by atoms with van der Waals surface area (Å²) in [5.41, 5.74) is 1.05. The number of benzene rings is 2. The minimum atomic E-state index is -2.89. The first-order valence-corrected chi connectivity index (χ1v) is 6.97. The molecule has 2 rings (SSSR count). The van der Waals surface area contributed by atoms with Crippen LogP contribution in [0.3, 0.4) is 0 Å². The molecule has 0 heterocycles. The summed E-state index contributed by atoms with van der Waals surface area (Å²) in [4.78, 5) is 0. The second-order valence-electron chi connectivity index (χ2n) is 4.34. The summed E-state index contributed by atoms with van der Waals surface area (Å²) < 4.78 is 43.6. The van der Waals surface area contributed by atoms with Gasteiger partial charge < -0.3 is 10.1 Å². The molecule has 1 unspecified atom stereocenters. The number of hydrogen-bond donors (Lipinski definition) is 1. The highest BCUT2D eigenvalue weighted by molar-refractivity contribution is 9.10. The van der Waals surface area contributed by atoms with Crippen molar-refractivity contribution in [1.29, 1.82) is 0 Å². The zero-order chi connectivity index (χ0) is 15.4. The Labute approximate surface area is 129 Å². The first-order chi connectivity index (χ1) is 10.0. The molecule has 0 spiro atoms. The number of ether oxygens (including phenoxy) is 1. The molecule has 2 aromatic carbocycles. The molecule has 0 saturated heterocycles. The van der Waals surface area contributed by atoms with Gasteiger partial charge in [-0.2, -0.15) is 8.78 Å². The lowest BCUT2D eigenvalue weighted by atomic mass is 9.98. The van der Waals surface area contributed by atoms with Crippen LogP contribution in [-0.2, 0) is 0 Å². The molecule has 0 amide bonds. The molecule has 6 heteroatoms. The largest absolute Gasteiger partial charge is 0.435 e. The smallest absolute Gasteiger partial charge is 0.387 e. The summed E-state index contributed by atoms with van der Waals surface area (Å²) in [6.45, 7) is -2.89. The Kier molecular flexibility index (Phi) is 5.25. The maximum atomic E-state index is 14.0. The zero-order valence-electron chi connectivity index (χ0n) is 11.1. The van der Waals surface area contributed by atoms with Crippen LogP contribution >= 0.6 is 15.9 Å². The molecule has 0 bridgehead atoms. The Balaban J connectivity index is 2.39. The average Bonchev–Trinajstić information content (AvgIpc) is 2.43. The number of rotatable bonds is 5. The van der Waals surface area contributed by atoms with E-state index in [4.69, 9.17) is 0 Å². The average molecular weight is 360 g/mol. The fourth-order valence-corrected chi connectivity index (χ4v) is 2.49. The summed E-state index contributed by atoms with van der Waals surface area (Å²) in [7, 11) is 1.67. The Bertz CT molecular complexity index is 622. The van der Waals surface area contributed by atoms with Gasteiger partial charge in [0.25, 0.3) is 0 Å². The van der Waals surface area contributed by atoms with Crippen molar-refractivity contribution in [2.45, 2.75) is 12.7 Å². The molecule has 0 radical (unpaired) electrons. The molecular weight excluding hydrogens is 347 g/mol. The number of halogens is 4. The van der Waals surface area contributed by atoms with Crippen LogP contribution < -0.4 is 10.1 Å². The van der Waals surface area contributed by atoms with Crippen LogP contribution in [0.2, 0.25) is 0 Å². The van der Waals surface area contributed by atoms with Crippen molar-refractivity contribution in [1.82, 2.24) is 5.32 Å². The third kappa shape index (κ3) is 3.98. The zero-order valence-corrected chi connectivity index (χ0v) is 12.7. The summed E-state index contributed by atoms with van der Waals surface area (Å²) in [6.07, 6.45) is 0. The first kappa shape index (κ1) is 15.9. The molecule has 21 heavy (non-hydrogen) atoms. The SMILES string of the molecule is CNC(c1cccc(OC(F)F)c1)c1cc(Br)ccc1F. The van der Waals surface area contributed by atoms with E-state index in [9.17, 15) is 13.2 Å². The Morgan fingerprint density at radius 1 is 1.14 bits per heavy atom. The molecule has 2 aromatic rings. The normalized spacial score (nSPS) is 12.5. The predicted molar refractivity (Wildman–Crippen MR) is 78.1 cm³/mol. The maximum Gasteiger partial charge on any atom is 0.387 e. The highest BCUT2D eigenvalue weighted by atomic mass is 79.9. The van der Waals surface area contributed by atoms with Crippen LogP contribution in [-0.4, -0.2) is 13.7 Å². The van der Waals surface area contributed by atoms with E-state index in [1.54, 1.807) is 31.3 Å². The second-order valence-corrected chi connectivity index (χ2v) is 5.25. The highest BCUT2D eigenvalue weighted by Crippen LogP contribution is 2.29. The minimum absolute atomic E-state index is 0.0400. The number of alkyl halides is 2. The quantitative estimate of drug-likeness (QED) is 0.848. The third-order valence-electron chi connectivity index (χ3n) is 2.97. The number of nitrogens with one attached hydrogen (secondary N) is 1. The molecule has 0 aliphatic rings. The summed E-state index contributed by atoms with van der Waals surface area (Å²) in [5, 5.41) is 2.98. The van der Waals surface area contributed by atoms with E-state index in [0.29, 0.717) is 11.1 Å². The van der Waals surface area contributed by atoms with Crippen molar-refractivity contribution >= 4 is 15.9 Å². The fourth-order valence-electron chi connectivity index (χ4n) is 2.11. The molecule has 0 aliphatic carbocycles. The van der Waals surface area contributed by atoms with Gasteiger partial charge in [0, 0.05) is 10.0 Å². The molecule has 0 aromatic heterocycles. The van der Waals surface area contributed by atoms with Gasteiger partial charge in [0.2, 0.25) is 0 Å². The van der Waals surface area contributed by atoms with Crippen LogP contribution in [0.4, 0.5) is 13.2 Å². The Morgan fingerprint density at radius 3 is 2.57 bits per heavy atom. The second kappa shape index (κ2) is 6.95. The van der Waals surface area contributed by atoms with Crippen molar-refractivity contribution in [2.75, 3.05) is 7.05 Å². The van der Waals surface area contributed by atoms with Gasteiger partial charge in [-0.05, 0) is 42.9 Å². The molecule has 0 aliphatic heterocycles. The topological polar surface area (TPSA) is 21.3 Å². The molecule has 1 N–H and O–H groups in total. The monoisotopic (exact) mass is 359 g/mol. The molecular formula is C15H13BrF3NO. The first-order valence-electron chi connectivity index (χ1n) is 6.18. The summed E-state index contributed by atoms with van der Waals surface area (Å²) in [5.74, 6) is -0.337. The number of hydrogen-bond acceptors (Lipinski definition) is 2. The van der Waals surface area contributed by atoms with Crippen LogP contribution in [0.1, 0.15) is 17.2 Å². The minimum Gasteiger partial charge on any atom is -0.435 e. The highest BCUT2D eigenvalue weighted by Gasteiger charge is 2.17. The van der Waals surface area contributed by atoms with Crippen molar-refractivity contribution in [3.05, 3.63) is 63.9 Å². The van der Waals surface area contributed by atoms with Crippen LogP contribution in [0.15, 0.2) is 46.9 Å². The molecule has 2 nitrogen and oxygen atoms in total. The van der Waals surface area contributed by atoms with Gasteiger partial charge in [0.05, 0.1) is 6.04 Å². The lowest BCUT2D eigenvalue weighted by Gasteiger charge is -2.19. The van der Waals surface area contributed by atoms with Crippen molar-refractivity contribution < 1.29 is 17.9 Å². The van der Waals surface area contributed by atoms with Crippen LogP contribution in [0.25, 0.3) is 0 Å². The van der Waals surface area contributed by atoms with Crippen molar-refractivity contribution in [3.8, 4) is 5.75 Å². The van der Waals surface area contributed by atoms with Gasteiger partial charge in [-0.25, -0.2) is 4.39 Å². The molecule has 0 saturated carbocycles. The molecule has 1 atom stereocenters. The maximum absolute atomic E-state index is 14.0. The summed E-state index contributed by atoms with van der Waals surface area (Å²) >= 11 is 3.30. The van der Waals surface area contributed by atoms with Crippen molar-refractivity contribution in [3.63, 3.8) is 0 Å². The van der Waals surface area contributed by atoms with Crippen molar-refractivity contribution in [2.24, 2.45) is 0 Å². The Hall–Kier alpha value is -1.53. The van der Waals surface area contributed by atoms with Gasteiger partial charge in [0.15, 0.2) is 0 Å². The molecule has 112 valence electrons. The lowest BCUT2D eigenvalue weighted by molar-refractivity contribution is -0.0498. The van der Waals surface area contributed by atoms with E-state index in [1.165, 1.54) is 18.2 Å². The van der Waals surface area contributed by atoms with Gasteiger partial charge >= 0.3 is 6.61 Å². The Morgan fingerprint density at radius 2 is 1.90 bits per heavy atom. The van der Waals surface area contributed by atoms with Crippen LogP contribution in [0, 0.1) is 5.82 Å². The van der Waals surface area contributed by atoms with Gasteiger partial charge in [-0.15, -0.1) is 0 Å². The lowest BCUT2D eigenvalue weighted by Crippen LogP contribution is -2.19. The predicted octanol–water partition coefficient (Wildman–Crippen LogP) is 4.50. The van der Waals surface area contributed by atoms with E-state index in [2.05, 4.69) is 26.0 Å². The molecule has 0 fully saturated rings. The van der Waals surface area contributed by atoms with E-state index >= 15 is 0 Å².